The molecule has 1 aliphatic heterocycles. The number of benzene rings is 2. The molecule has 1 fully saturated rings. The number of carbonyl (C=O) groups is 1. The van der Waals surface area contributed by atoms with Gasteiger partial charge in [-0.1, -0.05) is 37.5 Å². The lowest BCUT2D eigenvalue weighted by Crippen LogP contribution is -2.47. The van der Waals surface area contributed by atoms with E-state index in [9.17, 15) is 18.7 Å². The number of anilines is 1. The van der Waals surface area contributed by atoms with Gasteiger partial charge in [0, 0.05) is 6.54 Å². The van der Waals surface area contributed by atoms with Crippen LogP contribution < -0.4 is 10.2 Å². The molecule has 2 aromatic carbocycles. The Labute approximate surface area is 169 Å². The first kappa shape index (κ1) is 20.0. The lowest BCUT2D eigenvalue weighted by Gasteiger charge is -2.36. The summed E-state index contributed by atoms with van der Waals surface area (Å²) in [4.78, 5) is 15.4. The molecular formula is C23H26F2N2O2. The van der Waals surface area contributed by atoms with Crippen molar-refractivity contribution < 1.29 is 18.7 Å². The van der Waals surface area contributed by atoms with Gasteiger partial charge >= 0.3 is 0 Å². The number of carbonyl (C=O) groups excluding carboxylic acids is 1. The van der Waals surface area contributed by atoms with E-state index in [1.165, 1.54) is 29.2 Å². The zero-order valence-corrected chi connectivity index (χ0v) is 16.5. The fourth-order valence-electron chi connectivity index (χ4n) is 5.03. The van der Waals surface area contributed by atoms with Gasteiger partial charge in [0.1, 0.15) is 11.6 Å². The molecule has 1 aliphatic carbocycles. The van der Waals surface area contributed by atoms with Gasteiger partial charge < -0.3 is 15.3 Å². The molecule has 1 spiro atoms. The molecule has 0 radical (unpaired) electrons. The minimum absolute atomic E-state index is 0.123. The van der Waals surface area contributed by atoms with Gasteiger partial charge in [0.25, 0.3) is 0 Å². The van der Waals surface area contributed by atoms with Crippen LogP contribution in [0.5, 0.6) is 0 Å². The molecule has 1 saturated carbocycles. The lowest BCUT2D eigenvalue weighted by atomic mass is 9.70. The van der Waals surface area contributed by atoms with Crippen molar-refractivity contribution in [2.24, 2.45) is 0 Å². The second-order valence-corrected chi connectivity index (χ2v) is 8.10. The fraction of sp³-hybridized carbons (Fsp3) is 0.435. The second kappa shape index (κ2) is 7.84. The maximum atomic E-state index is 14.2. The molecule has 1 heterocycles. The molecule has 4 nitrogen and oxygen atoms in total. The Bertz CT molecular complexity index is 912. The first-order valence-electron chi connectivity index (χ1n) is 10.2. The van der Waals surface area contributed by atoms with Crippen LogP contribution in [0.25, 0.3) is 0 Å². The van der Waals surface area contributed by atoms with Crippen molar-refractivity contribution in [2.75, 3.05) is 18.5 Å². The van der Waals surface area contributed by atoms with Crippen LogP contribution in [0, 0.1) is 11.6 Å². The van der Waals surface area contributed by atoms with Gasteiger partial charge in [-0.3, -0.25) is 4.79 Å². The van der Waals surface area contributed by atoms with Crippen LogP contribution in [0.15, 0.2) is 42.5 Å². The molecule has 0 aromatic heterocycles. The van der Waals surface area contributed by atoms with Crippen molar-refractivity contribution in [2.45, 2.75) is 49.7 Å². The predicted molar refractivity (Wildman–Crippen MR) is 108 cm³/mol. The average Bonchev–Trinajstić information content (AvgIpc) is 2.91. The molecule has 2 N–H and O–H groups in total. The van der Waals surface area contributed by atoms with E-state index in [1.54, 1.807) is 25.2 Å². The van der Waals surface area contributed by atoms with Crippen LogP contribution in [0.3, 0.4) is 0 Å². The summed E-state index contributed by atoms with van der Waals surface area (Å²) in [6, 6.07) is 9.59. The predicted octanol–water partition coefficient (Wildman–Crippen LogP) is 3.83. The van der Waals surface area contributed by atoms with E-state index < -0.39 is 29.2 Å². The van der Waals surface area contributed by atoms with Crippen LogP contribution in [-0.4, -0.2) is 30.7 Å². The van der Waals surface area contributed by atoms with Gasteiger partial charge in [-0.2, -0.15) is 0 Å². The highest BCUT2D eigenvalue weighted by Gasteiger charge is 2.53. The summed E-state index contributed by atoms with van der Waals surface area (Å²) in [5.41, 5.74) is 1.11. The molecule has 6 heteroatoms. The van der Waals surface area contributed by atoms with E-state index in [2.05, 4.69) is 5.32 Å². The van der Waals surface area contributed by atoms with Crippen molar-refractivity contribution in [3.05, 3.63) is 65.2 Å². The van der Waals surface area contributed by atoms with Crippen molar-refractivity contribution >= 4 is 11.6 Å². The second-order valence-electron chi connectivity index (χ2n) is 8.10. The minimum atomic E-state index is -0.986. The first-order chi connectivity index (χ1) is 14.0. The van der Waals surface area contributed by atoms with Crippen LogP contribution in [0.2, 0.25) is 0 Å². The summed E-state index contributed by atoms with van der Waals surface area (Å²) in [5.74, 6) is -1.000. The third-order valence-electron chi connectivity index (χ3n) is 6.32. The van der Waals surface area contributed by atoms with Crippen molar-refractivity contribution in [1.29, 1.82) is 0 Å². The Hall–Kier alpha value is -2.31. The Morgan fingerprint density at radius 2 is 1.83 bits per heavy atom. The number of fused-ring (bicyclic) bond motifs is 2. The van der Waals surface area contributed by atoms with Crippen molar-refractivity contribution in [3.8, 4) is 0 Å². The number of hydrogen-bond acceptors (Lipinski definition) is 3. The number of halogens is 2. The minimum Gasteiger partial charge on any atom is -0.389 e. The Morgan fingerprint density at radius 3 is 2.52 bits per heavy atom. The van der Waals surface area contributed by atoms with E-state index in [1.807, 2.05) is 0 Å². The normalized spacial score (nSPS) is 20.0. The average molecular weight is 400 g/mol. The van der Waals surface area contributed by atoms with Crippen molar-refractivity contribution in [3.63, 3.8) is 0 Å². The fourth-order valence-corrected chi connectivity index (χ4v) is 5.03. The Kier molecular flexibility index (Phi) is 5.40. The Morgan fingerprint density at radius 1 is 1.10 bits per heavy atom. The molecule has 154 valence electrons. The van der Waals surface area contributed by atoms with Gasteiger partial charge in [0.15, 0.2) is 0 Å². The molecule has 29 heavy (non-hydrogen) atoms. The maximum absolute atomic E-state index is 14.2. The third kappa shape index (κ3) is 3.34. The summed E-state index contributed by atoms with van der Waals surface area (Å²) in [5, 5.41) is 13.9. The third-order valence-corrected chi connectivity index (χ3v) is 6.32. The van der Waals surface area contributed by atoms with Crippen molar-refractivity contribution in [1.82, 2.24) is 5.32 Å². The number of aliphatic hydroxyl groups excluding tert-OH is 1. The smallest absolute Gasteiger partial charge is 0.238 e. The number of rotatable bonds is 5. The largest absolute Gasteiger partial charge is 0.389 e. The number of hydrogen-bond donors (Lipinski definition) is 2. The zero-order chi connectivity index (χ0) is 20.6. The van der Waals surface area contributed by atoms with Crippen LogP contribution in [-0.2, 0) is 10.2 Å². The topological polar surface area (TPSA) is 52.6 Å². The standard InChI is InChI=1S/C23H26F2N2O2/c1-26-14-20(28)21(15-6-5-7-16(24)12-15)27-19-13-17(25)8-9-18(19)23(22(27)29)10-3-2-4-11-23/h5-9,12-13,20-21,26,28H,2-4,10-11,14H2,1H3. The monoisotopic (exact) mass is 400 g/mol. The van der Waals surface area contributed by atoms with E-state index in [0.717, 1.165) is 24.8 Å². The molecule has 2 aliphatic rings. The zero-order valence-electron chi connectivity index (χ0n) is 16.5. The van der Waals surface area contributed by atoms with E-state index in [0.29, 0.717) is 24.1 Å². The van der Waals surface area contributed by atoms with E-state index >= 15 is 0 Å². The highest BCUT2D eigenvalue weighted by atomic mass is 19.1. The summed E-state index contributed by atoms with van der Waals surface area (Å²) in [6.07, 6.45) is 3.36. The maximum Gasteiger partial charge on any atom is 0.238 e. The number of aliphatic hydroxyl groups is 1. The SMILES string of the molecule is CNCC(O)C(c1cccc(F)c1)N1C(=O)C2(CCCCC2)c2ccc(F)cc21. The van der Waals surface area contributed by atoms with Gasteiger partial charge in [-0.25, -0.2) is 8.78 Å². The van der Waals surface area contributed by atoms with Gasteiger partial charge in [-0.15, -0.1) is 0 Å². The van der Waals surface area contributed by atoms with Gasteiger partial charge in [0.05, 0.1) is 23.2 Å². The molecule has 1 amide bonds. The van der Waals surface area contributed by atoms with E-state index in [-0.39, 0.29) is 12.5 Å². The molecule has 0 bridgehead atoms. The number of likely N-dealkylation sites (N-methyl/N-ethyl adjacent to an activating group) is 1. The molecular weight excluding hydrogens is 374 g/mol. The molecule has 4 rings (SSSR count). The molecule has 2 unspecified atom stereocenters. The number of nitrogens with zero attached hydrogens (tertiary/aromatic N) is 1. The summed E-state index contributed by atoms with van der Waals surface area (Å²) >= 11 is 0. The van der Waals surface area contributed by atoms with Crippen LogP contribution in [0.1, 0.15) is 49.3 Å². The van der Waals surface area contributed by atoms with Gasteiger partial charge in [0.2, 0.25) is 5.91 Å². The van der Waals surface area contributed by atoms with E-state index in [4.69, 9.17) is 0 Å². The summed E-state index contributed by atoms with van der Waals surface area (Å²) in [7, 11) is 1.70. The molecule has 2 atom stereocenters. The lowest BCUT2D eigenvalue weighted by molar-refractivity contribution is -0.125. The molecule has 2 aromatic rings. The highest BCUT2D eigenvalue weighted by Crippen LogP contribution is 2.53. The van der Waals surface area contributed by atoms with Gasteiger partial charge in [-0.05, 0) is 55.3 Å². The van der Waals surface area contributed by atoms with Crippen LogP contribution >= 0.6 is 0 Å². The van der Waals surface area contributed by atoms with Crippen LogP contribution in [0.4, 0.5) is 14.5 Å². The Balaban J connectivity index is 1.88. The summed E-state index contributed by atoms with van der Waals surface area (Å²) < 4.78 is 28.2. The summed E-state index contributed by atoms with van der Waals surface area (Å²) in [6.45, 7) is 0.211. The number of nitrogens with one attached hydrogen (secondary N) is 1. The number of amides is 1. The quantitative estimate of drug-likeness (QED) is 0.802. The first-order valence-corrected chi connectivity index (χ1v) is 10.2. The molecule has 0 saturated heterocycles. The highest BCUT2D eigenvalue weighted by molar-refractivity contribution is 6.08.